The maximum atomic E-state index is 12.6. The molecule has 0 bridgehead atoms. The second kappa shape index (κ2) is 9.65. The van der Waals surface area contributed by atoms with E-state index >= 15 is 0 Å². The Hall–Kier alpha value is -3.35. The standard InChI is InChI=1S/C26H29N3O4/c30-23(10-7-11-24-28-29-25(33-24)19-8-3-1-4-9-19)27-17-26(14-5-2-6-15-26)20-12-13-21-22(16-20)32-18-31-21/h1,3-4,8-9,12-13,16H,2,5-7,10-11,14-15,17-18H2,(H,27,30). The van der Waals surface area contributed by atoms with Gasteiger partial charge in [0.05, 0.1) is 0 Å². The summed E-state index contributed by atoms with van der Waals surface area (Å²) in [6, 6.07) is 15.9. The third-order valence-electron chi connectivity index (χ3n) is 6.70. The van der Waals surface area contributed by atoms with Gasteiger partial charge in [-0.3, -0.25) is 4.79 Å². The molecule has 1 N–H and O–H groups in total. The first-order chi connectivity index (χ1) is 16.2. The van der Waals surface area contributed by atoms with Crippen LogP contribution in [0.1, 0.15) is 56.4 Å². The number of ether oxygens (including phenoxy) is 2. The molecule has 1 aliphatic carbocycles. The van der Waals surface area contributed by atoms with Crippen LogP contribution >= 0.6 is 0 Å². The summed E-state index contributed by atoms with van der Waals surface area (Å²) in [6.07, 6.45) is 7.40. The number of nitrogens with one attached hydrogen (secondary N) is 1. The highest BCUT2D eigenvalue weighted by Crippen LogP contribution is 2.43. The lowest BCUT2D eigenvalue weighted by atomic mass is 9.69. The fourth-order valence-corrected chi connectivity index (χ4v) is 4.83. The smallest absolute Gasteiger partial charge is 0.247 e. The number of aromatic nitrogens is 2. The molecule has 0 atom stereocenters. The van der Waals surface area contributed by atoms with Gasteiger partial charge in [0, 0.05) is 30.4 Å². The van der Waals surface area contributed by atoms with Gasteiger partial charge in [-0.15, -0.1) is 10.2 Å². The summed E-state index contributed by atoms with van der Waals surface area (Å²) in [5, 5.41) is 11.4. The van der Waals surface area contributed by atoms with E-state index in [1.807, 2.05) is 36.4 Å². The minimum atomic E-state index is -0.0496. The second-order valence-corrected chi connectivity index (χ2v) is 8.91. The fraction of sp³-hybridized carbons (Fsp3) is 0.423. The van der Waals surface area contributed by atoms with Gasteiger partial charge in [-0.1, -0.05) is 43.5 Å². The topological polar surface area (TPSA) is 86.5 Å². The molecule has 0 saturated heterocycles. The first-order valence-corrected chi connectivity index (χ1v) is 11.8. The first kappa shape index (κ1) is 21.5. The average molecular weight is 448 g/mol. The van der Waals surface area contributed by atoms with Crippen LogP contribution in [-0.2, 0) is 16.6 Å². The molecule has 1 aliphatic heterocycles. The van der Waals surface area contributed by atoms with Crippen molar-refractivity contribution in [3.63, 3.8) is 0 Å². The number of carbonyl (C=O) groups is 1. The molecule has 7 heteroatoms. The van der Waals surface area contributed by atoms with Gasteiger partial charge in [-0.25, -0.2) is 0 Å². The molecule has 5 rings (SSSR count). The van der Waals surface area contributed by atoms with Gasteiger partial charge in [0.15, 0.2) is 11.5 Å². The molecule has 0 spiro atoms. The monoisotopic (exact) mass is 447 g/mol. The molecule has 2 aliphatic rings. The van der Waals surface area contributed by atoms with Crippen molar-refractivity contribution < 1.29 is 18.7 Å². The van der Waals surface area contributed by atoms with Crippen molar-refractivity contribution in [1.29, 1.82) is 0 Å². The maximum absolute atomic E-state index is 12.6. The summed E-state index contributed by atoms with van der Waals surface area (Å²) < 4.78 is 16.8. The Morgan fingerprint density at radius 2 is 1.79 bits per heavy atom. The number of benzene rings is 2. The molecule has 2 aromatic carbocycles. The highest BCUT2D eigenvalue weighted by molar-refractivity contribution is 5.76. The van der Waals surface area contributed by atoms with E-state index in [1.54, 1.807) is 0 Å². The SMILES string of the molecule is O=C(CCCc1nnc(-c2ccccc2)o1)NCC1(c2ccc3c(c2)OCO3)CCCCC1. The molecule has 33 heavy (non-hydrogen) atoms. The Bertz CT molecular complexity index is 1090. The molecule has 0 unspecified atom stereocenters. The Morgan fingerprint density at radius 1 is 0.970 bits per heavy atom. The number of aryl methyl sites for hydroxylation is 1. The average Bonchev–Trinajstić information content (AvgIpc) is 3.53. The molecule has 1 saturated carbocycles. The lowest BCUT2D eigenvalue weighted by Crippen LogP contribution is -2.42. The second-order valence-electron chi connectivity index (χ2n) is 8.91. The van der Waals surface area contributed by atoms with E-state index in [0.29, 0.717) is 37.6 Å². The van der Waals surface area contributed by atoms with Crippen LogP contribution < -0.4 is 14.8 Å². The molecular weight excluding hydrogens is 418 g/mol. The van der Waals surface area contributed by atoms with Crippen LogP contribution in [0.3, 0.4) is 0 Å². The van der Waals surface area contributed by atoms with Gasteiger partial charge in [0.1, 0.15) is 0 Å². The van der Waals surface area contributed by atoms with Crippen LogP contribution in [0.15, 0.2) is 52.9 Å². The Morgan fingerprint density at radius 3 is 2.64 bits per heavy atom. The van der Waals surface area contributed by atoms with E-state index in [4.69, 9.17) is 13.9 Å². The number of hydrogen-bond acceptors (Lipinski definition) is 6. The number of nitrogens with zero attached hydrogens (tertiary/aromatic N) is 2. The largest absolute Gasteiger partial charge is 0.454 e. The Labute approximate surface area is 193 Å². The summed E-state index contributed by atoms with van der Waals surface area (Å²) >= 11 is 0. The van der Waals surface area contributed by atoms with Crippen molar-refractivity contribution in [3.05, 3.63) is 60.0 Å². The van der Waals surface area contributed by atoms with Gasteiger partial charge in [0.25, 0.3) is 0 Å². The van der Waals surface area contributed by atoms with E-state index < -0.39 is 0 Å². The number of carbonyl (C=O) groups excluding carboxylic acids is 1. The molecule has 7 nitrogen and oxygen atoms in total. The first-order valence-electron chi connectivity index (χ1n) is 11.8. The van der Waals surface area contributed by atoms with Crippen LogP contribution in [0.5, 0.6) is 11.5 Å². The number of rotatable bonds is 8. The molecular formula is C26H29N3O4. The van der Waals surface area contributed by atoms with Gasteiger partial charge in [-0.05, 0) is 49.1 Å². The van der Waals surface area contributed by atoms with Gasteiger partial charge in [0.2, 0.25) is 24.5 Å². The lowest BCUT2D eigenvalue weighted by molar-refractivity contribution is -0.121. The molecule has 3 aromatic rings. The summed E-state index contributed by atoms with van der Waals surface area (Å²) in [5.74, 6) is 2.73. The molecule has 1 aromatic heterocycles. The van der Waals surface area contributed by atoms with Crippen LogP contribution in [-0.4, -0.2) is 29.4 Å². The van der Waals surface area contributed by atoms with E-state index in [9.17, 15) is 4.79 Å². The number of amides is 1. The van der Waals surface area contributed by atoms with E-state index in [1.165, 1.54) is 24.8 Å². The van der Waals surface area contributed by atoms with Gasteiger partial charge < -0.3 is 19.2 Å². The molecule has 1 fully saturated rings. The van der Waals surface area contributed by atoms with E-state index in [2.05, 4.69) is 27.6 Å². The van der Waals surface area contributed by atoms with Crippen molar-refractivity contribution >= 4 is 5.91 Å². The third kappa shape index (κ3) is 4.87. The predicted octanol–water partition coefficient (Wildman–Crippen LogP) is 4.81. The van der Waals surface area contributed by atoms with Crippen molar-refractivity contribution in [2.45, 2.75) is 56.8 Å². The third-order valence-corrected chi connectivity index (χ3v) is 6.70. The summed E-state index contributed by atoms with van der Waals surface area (Å²) in [5.41, 5.74) is 2.08. The molecule has 172 valence electrons. The quantitative estimate of drug-likeness (QED) is 0.533. The predicted molar refractivity (Wildman–Crippen MR) is 123 cm³/mol. The molecule has 1 amide bonds. The van der Waals surface area contributed by atoms with Crippen molar-refractivity contribution in [1.82, 2.24) is 15.5 Å². The van der Waals surface area contributed by atoms with Gasteiger partial charge >= 0.3 is 0 Å². The maximum Gasteiger partial charge on any atom is 0.247 e. The molecule has 0 radical (unpaired) electrons. The van der Waals surface area contributed by atoms with E-state index in [0.717, 1.165) is 29.9 Å². The van der Waals surface area contributed by atoms with Crippen molar-refractivity contribution in [3.8, 4) is 23.0 Å². The van der Waals surface area contributed by atoms with Crippen LogP contribution in [0.4, 0.5) is 0 Å². The van der Waals surface area contributed by atoms with E-state index in [-0.39, 0.29) is 18.1 Å². The lowest BCUT2D eigenvalue weighted by Gasteiger charge is -2.38. The summed E-state index contributed by atoms with van der Waals surface area (Å²) in [6.45, 7) is 0.916. The number of fused-ring (bicyclic) bond motifs is 1. The number of hydrogen-bond donors (Lipinski definition) is 1. The summed E-state index contributed by atoms with van der Waals surface area (Å²) in [7, 11) is 0. The minimum Gasteiger partial charge on any atom is -0.454 e. The zero-order chi connectivity index (χ0) is 22.5. The zero-order valence-electron chi connectivity index (χ0n) is 18.7. The Kier molecular flexibility index (Phi) is 6.28. The van der Waals surface area contributed by atoms with Crippen LogP contribution in [0.2, 0.25) is 0 Å². The van der Waals surface area contributed by atoms with Crippen LogP contribution in [0, 0.1) is 0 Å². The highest BCUT2D eigenvalue weighted by atomic mass is 16.7. The van der Waals surface area contributed by atoms with Crippen molar-refractivity contribution in [2.24, 2.45) is 0 Å². The minimum absolute atomic E-state index is 0.0496. The zero-order valence-corrected chi connectivity index (χ0v) is 18.7. The van der Waals surface area contributed by atoms with Crippen molar-refractivity contribution in [2.75, 3.05) is 13.3 Å². The highest BCUT2D eigenvalue weighted by Gasteiger charge is 2.35. The van der Waals surface area contributed by atoms with Gasteiger partial charge in [-0.2, -0.15) is 0 Å². The molecule has 2 heterocycles. The normalized spacial score (nSPS) is 16.5. The summed E-state index contributed by atoms with van der Waals surface area (Å²) in [4.78, 5) is 12.6. The Balaban J connectivity index is 1.15. The van der Waals surface area contributed by atoms with Crippen LogP contribution in [0.25, 0.3) is 11.5 Å². The fourth-order valence-electron chi connectivity index (χ4n) is 4.83.